The number of hydrogen-bond donors (Lipinski definition) is 1. The van der Waals surface area contributed by atoms with Crippen molar-refractivity contribution in [2.75, 3.05) is 13.2 Å². The van der Waals surface area contributed by atoms with Crippen molar-refractivity contribution in [1.29, 1.82) is 0 Å². The van der Waals surface area contributed by atoms with Crippen LogP contribution in [0.4, 0.5) is 0 Å². The van der Waals surface area contributed by atoms with Gasteiger partial charge in [-0.2, -0.15) is 5.10 Å². The number of rotatable bonds is 7. The van der Waals surface area contributed by atoms with Crippen LogP contribution in [0.25, 0.3) is 5.52 Å². The molecule has 0 amide bonds. The molecule has 0 fully saturated rings. The number of fused-ring (bicyclic) bond motifs is 1. The molecule has 0 bridgehead atoms. The third-order valence-corrected chi connectivity index (χ3v) is 3.33. The van der Waals surface area contributed by atoms with E-state index >= 15 is 0 Å². The van der Waals surface area contributed by atoms with Crippen LogP contribution < -0.4 is 10.1 Å². The Balaban J connectivity index is 1.39. The molecule has 0 radical (unpaired) electrons. The van der Waals surface area contributed by atoms with Crippen molar-refractivity contribution in [3.63, 3.8) is 0 Å². The predicted molar refractivity (Wildman–Crippen MR) is 83.5 cm³/mol. The van der Waals surface area contributed by atoms with E-state index in [0.29, 0.717) is 0 Å². The summed E-state index contributed by atoms with van der Waals surface area (Å²) in [6, 6.07) is 16.0. The minimum Gasteiger partial charge on any atom is -0.494 e. The lowest BCUT2D eigenvalue weighted by atomic mass is 10.2. The Labute approximate surface area is 124 Å². The van der Waals surface area contributed by atoms with Crippen molar-refractivity contribution < 1.29 is 4.74 Å². The summed E-state index contributed by atoms with van der Waals surface area (Å²) in [4.78, 5) is 0. The van der Waals surface area contributed by atoms with Gasteiger partial charge in [0.1, 0.15) is 5.75 Å². The lowest BCUT2D eigenvalue weighted by Crippen LogP contribution is -2.16. The Kier molecular flexibility index (Phi) is 4.49. The Hall–Kier alpha value is -2.33. The molecule has 2 heterocycles. The molecule has 21 heavy (non-hydrogen) atoms. The third kappa shape index (κ3) is 3.61. The lowest BCUT2D eigenvalue weighted by Gasteiger charge is -2.06. The molecule has 0 saturated heterocycles. The Morgan fingerprint density at radius 3 is 2.81 bits per heavy atom. The van der Waals surface area contributed by atoms with Crippen LogP contribution in [0.2, 0.25) is 0 Å². The normalized spacial score (nSPS) is 10.9. The van der Waals surface area contributed by atoms with Gasteiger partial charge in [0.2, 0.25) is 0 Å². The van der Waals surface area contributed by atoms with Crippen LogP contribution in [-0.4, -0.2) is 22.8 Å². The summed E-state index contributed by atoms with van der Waals surface area (Å²) in [5.74, 6) is 0.931. The minimum absolute atomic E-state index is 0.728. The average molecular weight is 281 g/mol. The van der Waals surface area contributed by atoms with Crippen molar-refractivity contribution in [2.24, 2.45) is 0 Å². The van der Waals surface area contributed by atoms with E-state index in [1.54, 1.807) is 0 Å². The summed E-state index contributed by atoms with van der Waals surface area (Å²) in [7, 11) is 0. The fraction of sp³-hybridized carbons (Fsp3) is 0.235. The monoisotopic (exact) mass is 281 g/mol. The highest BCUT2D eigenvalue weighted by molar-refractivity contribution is 5.53. The zero-order valence-corrected chi connectivity index (χ0v) is 11.9. The molecule has 0 aliphatic carbocycles. The summed E-state index contributed by atoms with van der Waals surface area (Å²) in [6.07, 6.45) is 4.86. The fourth-order valence-electron chi connectivity index (χ4n) is 2.25. The van der Waals surface area contributed by atoms with Crippen LogP contribution in [0.1, 0.15) is 12.0 Å². The van der Waals surface area contributed by atoms with E-state index in [9.17, 15) is 0 Å². The van der Waals surface area contributed by atoms with Crippen LogP contribution in [0.5, 0.6) is 5.75 Å². The van der Waals surface area contributed by atoms with Crippen LogP contribution in [0.3, 0.4) is 0 Å². The number of nitrogens with zero attached hydrogens (tertiary/aromatic N) is 2. The lowest BCUT2D eigenvalue weighted by molar-refractivity contribution is 0.308. The summed E-state index contributed by atoms with van der Waals surface area (Å²) >= 11 is 0. The molecule has 1 aromatic carbocycles. The van der Waals surface area contributed by atoms with E-state index in [2.05, 4.69) is 16.5 Å². The average Bonchev–Trinajstić information content (AvgIpc) is 2.95. The van der Waals surface area contributed by atoms with Gasteiger partial charge in [-0.1, -0.05) is 24.3 Å². The van der Waals surface area contributed by atoms with Gasteiger partial charge in [-0.3, -0.25) is 0 Å². The van der Waals surface area contributed by atoms with Crippen molar-refractivity contribution in [3.05, 3.63) is 66.5 Å². The number of nitrogens with one attached hydrogen (secondary N) is 1. The molecule has 108 valence electrons. The predicted octanol–water partition coefficient (Wildman–Crippen LogP) is 2.89. The van der Waals surface area contributed by atoms with Gasteiger partial charge in [0.25, 0.3) is 0 Å². The van der Waals surface area contributed by atoms with E-state index in [0.717, 1.165) is 37.4 Å². The van der Waals surface area contributed by atoms with Gasteiger partial charge in [0, 0.05) is 18.3 Å². The molecule has 0 unspecified atom stereocenters. The summed E-state index contributed by atoms with van der Waals surface area (Å²) in [5.41, 5.74) is 2.38. The second-order valence-electron chi connectivity index (χ2n) is 4.89. The smallest absolute Gasteiger partial charge is 0.119 e. The Bertz CT molecular complexity index is 679. The van der Waals surface area contributed by atoms with Gasteiger partial charge in [0.15, 0.2) is 0 Å². The molecule has 2 aromatic heterocycles. The number of pyridine rings is 1. The maximum Gasteiger partial charge on any atom is 0.119 e. The summed E-state index contributed by atoms with van der Waals surface area (Å²) in [6.45, 7) is 2.49. The quantitative estimate of drug-likeness (QED) is 0.677. The molecular formula is C17H19N3O. The van der Waals surface area contributed by atoms with Gasteiger partial charge < -0.3 is 10.1 Å². The van der Waals surface area contributed by atoms with Gasteiger partial charge in [-0.05, 0) is 37.2 Å². The van der Waals surface area contributed by atoms with Crippen molar-refractivity contribution >= 4 is 5.52 Å². The zero-order valence-electron chi connectivity index (χ0n) is 11.9. The largest absolute Gasteiger partial charge is 0.494 e. The highest BCUT2D eigenvalue weighted by Gasteiger charge is 2.01. The van der Waals surface area contributed by atoms with Crippen molar-refractivity contribution in [1.82, 2.24) is 14.9 Å². The molecule has 0 saturated carbocycles. The molecule has 0 aliphatic heterocycles. The second kappa shape index (κ2) is 6.90. The molecule has 4 heteroatoms. The molecule has 1 N–H and O–H groups in total. The first-order chi connectivity index (χ1) is 10.4. The summed E-state index contributed by atoms with van der Waals surface area (Å²) < 4.78 is 7.56. The van der Waals surface area contributed by atoms with Gasteiger partial charge in [-0.25, -0.2) is 4.52 Å². The van der Waals surface area contributed by atoms with Crippen LogP contribution in [0, 0.1) is 0 Å². The number of hydrogen-bond acceptors (Lipinski definition) is 3. The van der Waals surface area contributed by atoms with E-state index < -0.39 is 0 Å². The van der Waals surface area contributed by atoms with Gasteiger partial charge >= 0.3 is 0 Å². The minimum atomic E-state index is 0.728. The maximum absolute atomic E-state index is 5.66. The molecule has 0 spiro atoms. The first-order valence-corrected chi connectivity index (χ1v) is 7.23. The van der Waals surface area contributed by atoms with Crippen LogP contribution >= 0.6 is 0 Å². The Morgan fingerprint density at radius 2 is 1.90 bits per heavy atom. The molecule has 0 atom stereocenters. The highest BCUT2D eigenvalue weighted by Crippen LogP contribution is 2.10. The third-order valence-electron chi connectivity index (χ3n) is 3.33. The zero-order chi connectivity index (χ0) is 14.3. The number of benzene rings is 1. The van der Waals surface area contributed by atoms with Gasteiger partial charge in [-0.15, -0.1) is 0 Å². The van der Waals surface area contributed by atoms with Crippen LogP contribution in [0.15, 0.2) is 60.9 Å². The first kappa shape index (κ1) is 13.6. The Morgan fingerprint density at radius 1 is 1.05 bits per heavy atom. The number of para-hydroxylation sites is 1. The van der Waals surface area contributed by atoms with E-state index in [-0.39, 0.29) is 0 Å². The summed E-state index contributed by atoms with van der Waals surface area (Å²) in [5, 5.41) is 7.76. The van der Waals surface area contributed by atoms with E-state index in [1.807, 2.05) is 59.4 Å². The van der Waals surface area contributed by atoms with Gasteiger partial charge in [0.05, 0.1) is 18.3 Å². The topological polar surface area (TPSA) is 38.6 Å². The molecule has 3 aromatic rings. The molecular weight excluding hydrogens is 262 g/mol. The molecule has 4 nitrogen and oxygen atoms in total. The molecule has 0 aliphatic rings. The maximum atomic E-state index is 5.66. The van der Waals surface area contributed by atoms with Crippen molar-refractivity contribution in [3.8, 4) is 5.75 Å². The second-order valence-corrected chi connectivity index (χ2v) is 4.89. The van der Waals surface area contributed by atoms with Crippen molar-refractivity contribution in [2.45, 2.75) is 13.0 Å². The number of aromatic nitrogens is 2. The van der Waals surface area contributed by atoms with E-state index in [1.165, 1.54) is 5.56 Å². The van der Waals surface area contributed by atoms with E-state index in [4.69, 9.17) is 4.74 Å². The molecule has 3 rings (SSSR count). The SMILES string of the molecule is c1ccc(OCCCNCc2cnn3ccccc23)cc1. The standard InChI is InChI=1S/C17H19N3O/c1-2-7-16(8-3-1)21-12-6-10-18-13-15-14-19-20-11-5-4-9-17(15)20/h1-5,7-9,11,14,18H,6,10,12-13H2. The number of ether oxygens (including phenoxy) is 1. The van der Waals surface area contributed by atoms with Crippen LogP contribution in [-0.2, 0) is 6.54 Å². The fourth-order valence-corrected chi connectivity index (χ4v) is 2.25. The highest BCUT2D eigenvalue weighted by atomic mass is 16.5. The first-order valence-electron chi connectivity index (χ1n) is 7.23.